The first-order chi connectivity index (χ1) is 51.6. The van der Waals surface area contributed by atoms with Crippen LogP contribution in [-0.4, -0.2) is 13.7 Å². The van der Waals surface area contributed by atoms with Crippen LogP contribution in [0.15, 0.2) is 371 Å². The van der Waals surface area contributed by atoms with Gasteiger partial charge < -0.3 is 27.0 Å². The minimum Gasteiger partial charge on any atom is -0.455 e. The first kappa shape index (κ1) is 59.6. The van der Waals surface area contributed by atoms with E-state index in [1.165, 1.54) is 101 Å². The summed E-state index contributed by atoms with van der Waals surface area (Å²) in [4.78, 5) is 1.32. The molecule has 104 heavy (non-hydrogen) atoms. The van der Waals surface area contributed by atoms with Crippen molar-refractivity contribution >= 4 is 162 Å². The summed E-state index contributed by atoms with van der Waals surface area (Å²) in [6.07, 6.45) is 0. The number of nitrogens with zero attached hydrogens (tertiary/aromatic N) is 3. The lowest BCUT2D eigenvalue weighted by molar-refractivity contribution is 0.635. The van der Waals surface area contributed by atoms with E-state index in [0.717, 1.165) is 99.5 Å². The molecule has 0 saturated carbocycles. The van der Waals surface area contributed by atoms with Crippen molar-refractivity contribution in [3.63, 3.8) is 0 Å². The lowest BCUT2D eigenvalue weighted by Crippen LogP contribution is -1.94. The Bertz CT molecular complexity index is 6970. The molecule has 0 aliphatic carbocycles. The molecule has 23 aromatic rings. The van der Waals surface area contributed by atoms with Crippen LogP contribution in [0.4, 0.5) is 0 Å². The summed E-state index contributed by atoms with van der Waals surface area (Å²) in [5.74, 6) is 1.78. The maximum Gasteiger partial charge on any atom is 0.159 e. The van der Waals surface area contributed by atoms with Crippen molar-refractivity contribution in [2.24, 2.45) is 0 Å². The van der Waals surface area contributed by atoms with Crippen molar-refractivity contribution in [1.29, 1.82) is 0 Å². The molecule has 0 bridgehead atoms. The predicted molar refractivity (Wildman–Crippen MR) is 439 cm³/mol. The van der Waals surface area contributed by atoms with Gasteiger partial charge >= 0.3 is 0 Å². The summed E-state index contributed by atoms with van der Waals surface area (Å²) in [5.41, 5.74) is 20.2. The summed E-state index contributed by atoms with van der Waals surface area (Å²) in [5, 5.41) is 15.7. The van der Waals surface area contributed by atoms with Gasteiger partial charge in [-0.2, -0.15) is 0 Å². The van der Waals surface area contributed by atoms with Gasteiger partial charge in [0.05, 0.1) is 59.9 Å². The second-order valence-corrected chi connectivity index (χ2v) is 28.6. The van der Waals surface area contributed by atoms with E-state index in [9.17, 15) is 0 Å². The molecule has 8 heteroatoms. The molecule has 0 atom stereocenters. The van der Waals surface area contributed by atoms with Gasteiger partial charge in [0.1, 0.15) is 28.3 Å². The van der Waals surface area contributed by atoms with Crippen molar-refractivity contribution in [3.05, 3.63) is 358 Å². The normalized spacial score (nSPS) is 11.8. The number of para-hydroxylation sites is 6. The van der Waals surface area contributed by atoms with Crippen molar-refractivity contribution < 1.29 is 13.3 Å². The predicted octanol–water partition coefficient (Wildman–Crippen LogP) is 28.0. The van der Waals surface area contributed by atoms with Crippen LogP contribution in [-0.2, 0) is 0 Å². The van der Waals surface area contributed by atoms with Crippen LogP contribution in [0.2, 0.25) is 0 Å². The Morgan fingerprint density at radius 1 is 0.240 bits per heavy atom. The van der Waals surface area contributed by atoms with E-state index in [2.05, 4.69) is 335 Å². The number of fused-ring (bicyclic) bond motifs is 21. The number of benzene rings is 15. The van der Waals surface area contributed by atoms with E-state index < -0.39 is 0 Å². The molecule has 0 saturated heterocycles. The van der Waals surface area contributed by atoms with Crippen molar-refractivity contribution in [1.82, 2.24) is 13.7 Å². The Kier molecular flexibility index (Phi) is 13.9. The smallest absolute Gasteiger partial charge is 0.159 e. The number of furan rings is 3. The Morgan fingerprint density at radius 3 is 1.29 bits per heavy atom. The van der Waals surface area contributed by atoms with Crippen molar-refractivity contribution in [2.75, 3.05) is 0 Å². The number of thiophene rings is 2. The van der Waals surface area contributed by atoms with Gasteiger partial charge in [-0.1, -0.05) is 261 Å². The monoisotopic (exact) mass is 1370 g/mol. The fourth-order valence-electron chi connectivity index (χ4n) is 16.1. The van der Waals surface area contributed by atoms with Gasteiger partial charge in [0.25, 0.3) is 0 Å². The number of hydrogen-bond acceptors (Lipinski definition) is 5. The Morgan fingerprint density at radius 2 is 0.683 bits per heavy atom. The number of aromatic nitrogens is 3. The van der Waals surface area contributed by atoms with Crippen molar-refractivity contribution in [3.8, 4) is 61.3 Å². The highest BCUT2D eigenvalue weighted by atomic mass is 32.1. The molecule has 0 spiro atoms. The topological polar surface area (TPSA) is 54.2 Å². The molecule has 8 heterocycles. The molecule has 0 radical (unpaired) electrons. The maximum atomic E-state index is 6.55. The fourth-order valence-corrected chi connectivity index (χ4v) is 18.7. The summed E-state index contributed by atoms with van der Waals surface area (Å²) < 4.78 is 30.6. The molecule has 15 aromatic carbocycles. The van der Waals surface area contributed by atoms with E-state index in [4.69, 9.17) is 13.3 Å². The van der Waals surface area contributed by atoms with Crippen LogP contribution in [0, 0.1) is 0 Å². The molecule has 488 valence electrons. The second-order valence-electron chi connectivity index (χ2n) is 26.5. The van der Waals surface area contributed by atoms with Crippen molar-refractivity contribution in [2.45, 2.75) is 0 Å². The van der Waals surface area contributed by atoms with E-state index in [0.29, 0.717) is 0 Å². The third-order valence-electron chi connectivity index (χ3n) is 20.6. The number of rotatable bonds is 7. The quantitative estimate of drug-likeness (QED) is 0.160. The first-order valence-corrected chi connectivity index (χ1v) is 36.8. The van der Waals surface area contributed by atoms with Gasteiger partial charge in [-0.15, -0.1) is 22.7 Å². The van der Waals surface area contributed by atoms with Gasteiger partial charge in [-0.05, 0) is 108 Å². The largest absolute Gasteiger partial charge is 0.455 e. The van der Waals surface area contributed by atoms with Crippen LogP contribution in [0.1, 0.15) is 0 Å². The van der Waals surface area contributed by atoms with E-state index in [1.54, 1.807) is 0 Å². The van der Waals surface area contributed by atoms with Gasteiger partial charge in [0.2, 0.25) is 0 Å². The lowest BCUT2D eigenvalue weighted by atomic mass is 9.98. The molecule has 0 N–H and O–H groups in total. The average Bonchev–Trinajstić information content (AvgIpc) is 1.57. The standard InChI is InChI=1S/C32H19NO2.C32H19NOS.C32H21NS/c1-2-9-20(10-3-1)29-19-21-17-18-26-30(31(21)35-29)24-12-4-6-14-25(24)33(26)27-15-8-13-23-22-11-5-7-16-28(22)34-32(23)27;1-2-9-20(10-3-1)28-19-21-17-18-26-30(31(21)34-28)24-12-4-6-14-25(24)33(26)27-15-8-13-23-22-11-5-7-16-29(22)35-32(23)27;1-4-12-22(13-5-1)29-26-20-21-28-30(32(26)34-31(29)23-14-6-2-7-15-23)25-18-10-11-19-27(25)33(28)24-16-8-3-9-17-24/h2*1-19H;1-21H. The van der Waals surface area contributed by atoms with Gasteiger partial charge in [-0.25, -0.2) is 0 Å². The van der Waals surface area contributed by atoms with Crippen LogP contribution in [0.5, 0.6) is 0 Å². The average molecular weight is 1370 g/mol. The van der Waals surface area contributed by atoms with E-state index in [-0.39, 0.29) is 0 Å². The molecule has 6 nitrogen and oxygen atoms in total. The Labute approximate surface area is 604 Å². The van der Waals surface area contributed by atoms with E-state index in [1.807, 2.05) is 59.1 Å². The molecule has 0 fully saturated rings. The summed E-state index contributed by atoms with van der Waals surface area (Å²) in [7, 11) is 0. The number of hydrogen-bond donors (Lipinski definition) is 0. The minimum atomic E-state index is 0.879. The van der Waals surface area contributed by atoms with Gasteiger partial charge in [0, 0.05) is 95.9 Å². The van der Waals surface area contributed by atoms with Crippen LogP contribution >= 0.6 is 22.7 Å². The molecular weight excluding hydrogens is 1310 g/mol. The summed E-state index contributed by atoms with van der Waals surface area (Å²) in [6, 6.07) is 127. The van der Waals surface area contributed by atoms with Crippen LogP contribution in [0.25, 0.3) is 201 Å². The summed E-state index contributed by atoms with van der Waals surface area (Å²) >= 11 is 3.78. The third-order valence-corrected chi connectivity index (χ3v) is 23.1. The zero-order valence-electron chi connectivity index (χ0n) is 55.9. The Hall–Kier alpha value is -13.2. The highest BCUT2D eigenvalue weighted by Crippen LogP contribution is 2.51. The van der Waals surface area contributed by atoms with Crippen LogP contribution < -0.4 is 0 Å². The minimum absolute atomic E-state index is 0.879. The molecule has 23 rings (SSSR count). The highest BCUT2D eigenvalue weighted by Gasteiger charge is 2.25. The molecule has 0 aliphatic heterocycles. The van der Waals surface area contributed by atoms with Crippen LogP contribution in [0.3, 0.4) is 0 Å². The van der Waals surface area contributed by atoms with Gasteiger partial charge in [-0.3, -0.25) is 0 Å². The molecular formula is C96H59N3O3S2. The zero-order chi connectivity index (χ0) is 68.3. The maximum absolute atomic E-state index is 6.55. The van der Waals surface area contributed by atoms with E-state index >= 15 is 0 Å². The SMILES string of the molecule is c1ccc(-c2cc3ccc4c(c5ccccc5n4-c4cccc5c4oc4ccccc45)c3o2)cc1.c1ccc(-c2cc3ccc4c(c5ccccc5n4-c4cccc5c4sc4ccccc45)c3o2)cc1.c1ccc(-c2sc3c(ccc4c3c3ccccc3n4-c3ccccc3)c2-c2ccccc2)cc1. The zero-order valence-corrected chi connectivity index (χ0v) is 57.6. The second kappa shape index (κ2) is 24.3. The molecule has 0 aliphatic rings. The molecule has 0 unspecified atom stereocenters. The molecule has 0 amide bonds. The Balaban J connectivity index is 0.000000101. The highest BCUT2D eigenvalue weighted by molar-refractivity contribution is 7.26. The summed E-state index contributed by atoms with van der Waals surface area (Å²) in [6.45, 7) is 0. The third kappa shape index (κ3) is 9.46. The molecule has 8 aromatic heterocycles. The van der Waals surface area contributed by atoms with Gasteiger partial charge in [0.15, 0.2) is 5.58 Å². The lowest BCUT2D eigenvalue weighted by Gasteiger charge is -2.09. The fraction of sp³-hybridized carbons (Fsp3) is 0. The first-order valence-electron chi connectivity index (χ1n) is 35.1.